The van der Waals surface area contributed by atoms with Gasteiger partial charge in [0.25, 0.3) is 0 Å². The Labute approximate surface area is 112 Å². The van der Waals surface area contributed by atoms with Crippen LogP contribution in [-0.2, 0) is 6.54 Å². The minimum absolute atomic E-state index is 0.158. The van der Waals surface area contributed by atoms with Crippen molar-refractivity contribution in [1.29, 1.82) is 0 Å². The maximum absolute atomic E-state index is 4.51. The molecular formula is C13H20N4S. The Balaban J connectivity index is 2.30. The van der Waals surface area contributed by atoms with Crippen LogP contribution in [0.25, 0.3) is 0 Å². The van der Waals surface area contributed by atoms with Crippen LogP contribution >= 0.6 is 11.3 Å². The fraction of sp³-hybridized carbons (Fsp3) is 0.538. The molecule has 0 fully saturated rings. The lowest BCUT2D eigenvalue weighted by Gasteiger charge is -2.17. The summed E-state index contributed by atoms with van der Waals surface area (Å²) in [5.74, 6) is 1.08. The van der Waals surface area contributed by atoms with Crippen LogP contribution in [0.15, 0.2) is 18.6 Å². The van der Waals surface area contributed by atoms with E-state index in [2.05, 4.69) is 33.7 Å². The van der Waals surface area contributed by atoms with E-state index in [1.54, 1.807) is 11.3 Å². The van der Waals surface area contributed by atoms with E-state index < -0.39 is 0 Å². The third kappa shape index (κ3) is 2.79. The fourth-order valence-electron chi connectivity index (χ4n) is 1.97. The van der Waals surface area contributed by atoms with Crippen LogP contribution in [0.4, 0.5) is 0 Å². The minimum atomic E-state index is 0.158. The molecule has 0 aliphatic rings. The van der Waals surface area contributed by atoms with Crippen molar-refractivity contribution in [3.63, 3.8) is 0 Å². The molecule has 0 amide bonds. The molecule has 1 unspecified atom stereocenters. The van der Waals surface area contributed by atoms with Gasteiger partial charge in [0.1, 0.15) is 11.9 Å². The molecule has 0 spiro atoms. The molecule has 0 radical (unpaired) electrons. The summed E-state index contributed by atoms with van der Waals surface area (Å²) >= 11 is 1.74. The van der Waals surface area contributed by atoms with Gasteiger partial charge in [-0.25, -0.2) is 9.97 Å². The molecule has 2 rings (SSSR count). The number of hydrogen-bond donors (Lipinski definition) is 1. The number of rotatable bonds is 6. The largest absolute Gasteiger partial charge is 0.334 e. The normalized spacial score (nSPS) is 12.8. The predicted octanol–water partition coefficient (Wildman–Crippen LogP) is 2.76. The first-order valence-electron chi connectivity index (χ1n) is 6.43. The fourth-order valence-corrected chi connectivity index (χ4v) is 2.83. The molecule has 1 N–H and O–H groups in total. The Kier molecular flexibility index (Phi) is 4.49. The molecule has 2 aromatic rings. The summed E-state index contributed by atoms with van der Waals surface area (Å²) < 4.78 is 2.18. The van der Waals surface area contributed by atoms with Crippen molar-refractivity contribution >= 4 is 11.3 Å². The van der Waals surface area contributed by atoms with Gasteiger partial charge in [-0.15, -0.1) is 11.3 Å². The van der Waals surface area contributed by atoms with E-state index in [1.807, 2.05) is 25.5 Å². The van der Waals surface area contributed by atoms with Crippen LogP contribution in [0.1, 0.15) is 42.0 Å². The van der Waals surface area contributed by atoms with Crippen molar-refractivity contribution in [2.75, 3.05) is 6.54 Å². The number of nitrogens with zero attached hydrogens (tertiary/aromatic N) is 3. The van der Waals surface area contributed by atoms with Gasteiger partial charge in [-0.1, -0.05) is 6.92 Å². The average Bonchev–Trinajstić information content (AvgIpc) is 2.99. The van der Waals surface area contributed by atoms with Gasteiger partial charge in [-0.2, -0.15) is 0 Å². The molecule has 0 saturated carbocycles. The quantitative estimate of drug-likeness (QED) is 0.872. The zero-order valence-electron chi connectivity index (χ0n) is 11.2. The second-order valence-corrected chi connectivity index (χ2v) is 5.51. The van der Waals surface area contributed by atoms with Crippen LogP contribution in [0.3, 0.4) is 0 Å². The van der Waals surface area contributed by atoms with Gasteiger partial charge in [-0.3, -0.25) is 0 Å². The molecule has 0 aliphatic heterocycles. The summed E-state index contributed by atoms with van der Waals surface area (Å²) in [5, 5.41) is 4.66. The van der Waals surface area contributed by atoms with E-state index in [9.17, 15) is 0 Å². The highest BCUT2D eigenvalue weighted by Crippen LogP contribution is 2.25. The van der Waals surface area contributed by atoms with E-state index in [0.717, 1.165) is 30.3 Å². The Bertz CT molecular complexity index is 489. The van der Waals surface area contributed by atoms with E-state index >= 15 is 0 Å². The molecule has 18 heavy (non-hydrogen) atoms. The number of imidazole rings is 1. The van der Waals surface area contributed by atoms with E-state index in [1.165, 1.54) is 4.88 Å². The zero-order valence-corrected chi connectivity index (χ0v) is 12.0. The zero-order chi connectivity index (χ0) is 13.0. The Hall–Kier alpha value is -1.20. The van der Waals surface area contributed by atoms with Gasteiger partial charge >= 0.3 is 0 Å². The summed E-state index contributed by atoms with van der Waals surface area (Å²) in [6.45, 7) is 8.28. The SMILES string of the molecule is CCCNC(c1cnc(C)s1)c1nccn1CC. The van der Waals surface area contributed by atoms with E-state index in [4.69, 9.17) is 0 Å². The third-order valence-electron chi connectivity index (χ3n) is 2.87. The van der Waals surface area contributed by atoms with Gasteiger partial charge in [0.05, 0.1) is 5.01 Å². The molecule has 2 heterocycles. The lowest BCUT2D eigenvalue weighted by atomic mass is 10.2. The standard InChI is InChI=1S/C13H20N4S/c1-4-6-14-12(11-9-16-10(3)18-11)13-15-7-8-17(13)5-2/h7-9,12,14H,4-6H2,1-3H3. The van der Waals surface area contributed by atoms with Crippen molar-refractivity contribution in [2.45, 2.75) is 39.8 Å². The molecule has 0 saturated heterocycles. The summed E-state index contributed by atoms with van der Waals surface area (Å²) in [4.78, 5) is 10.1. The monoisotopic (exact) mass is 264 g/mol. The van der Waals surface area contributed by atoms with Crippen molar-refractivity contribution in [3.05, 3.63) is 34.3 Å². The Morgan fingerprint density at radius 1 is 1.39 bits per heavy atom. The highest BCUT2D eigenvalue weighted by molar-refractivity contribution is 7.11. The summed E-state index contributed by atoms with van der Waals surface area (Å²) in [5.41, 5.74) is 0. The highest BCUT2D eigenvalue weighted by atomic mass is 32.1. The minimum Gasteiger partial charge on any atom is -0.334 e. The van der Waals surface area contributed by atoms with E-state index in [-0.39, 0.29) is 6.04 Å². The van der Waals surface area contributed by atoms with Gasteiger partial charge in [-0.05, 0) is 26.8 Å². The second kappa shape index (κ2) is 6.11. The molecular weight excluding hydrogens is 244 g/mol. The lowest BCUT2D eigenvalue weighted by Crippen LogP contribution is -2.25. The van der Waals surface area contributed by atoms with Gasteiger partial charge in [0.2, 0.25) is 0 Å². The van der Waals surface area contributed by atoms with Crippen LogP contribution in [0, 0.1) is 6.92 Å². The van der Waals surface area contributed by atoms with Crippen LogP contribution in [-0.4, -0.2) is 21.1 Å². The van der Waals surface area contributed by atoms with Crippen molar-refractivity contribution in [2.24, 2.45) is 0 Å². The van der Waals surface area contributed by atoms with Gasteiger partial charge in [0.15, 0.2) is 0 Å². The number of aromatic nitrogens is 3. The molecule has 4 nitrogen and oxygen atoms in total. The maximum Gasteiger partial charge on any atom is 0.131 e. The average molecular weight is 264 g/mol. The molecule has 5 heteroatoms. The number of aryl methyl sites for hydroxylation is 2. The summed E-state index contributed by atoms with van der Waals surface area (Å²) in [7, 11) is 0. The molecule has 0 bridgehead atoms. The smallest absolute Gasteiger partial charge is 0.131 e. The van der Waals surface area contributed by atoms with Gasteiger partial charge in [0, 0.05) is 30.0 Å². The van der Waals surface area contributed by atoms with Crippen LogP contribution in [0.5, 0.6) is 0 Å². The van der Waals surface area contributed by atoms with E-state index in [0.29, 0.717) is 0 Å². The first-order valence-corrected chi connectivity index (χ1v) is 7.24. The first kappa shape index (κ1) is 13.2. The molecule has 2 aromatic heterocycles. The molecule has 0 aliphatic carbocycles. The maximum atomic E-state index is 4.51. The predicted molar refractivity (Wildman–Crippen MR) is 74.9 cm³/mol. The van der Waals surface area contributed by atoms with Crippen LogP contribution in [0.2, 0.25) is 0 Å². The molecule has 0 aromatic carbocycles. The molecule has 1 atom stereocenters. The summed E-state index contributed by atoms with van der Waals surface area (Å²) in [6, 6.07) is 0.158. The Morgan fingerprint density at radius 2 is 2.22 bits per heavy atom. The lowest BCUT2D eigenvalue weighted by molar-refractivity contribution is 0.547. The Morgan fingerprint density at radius 3 is 2.83 bits per heavy atom. The highest BCUT2D eigenvalue weighted by Gasteiger charge is 2.20. The number of thiazole rings is 1. The van der Waals surface area contributed by atoms with Gasteiger partial charge < -0.3 is 9.88 Å². The van der Waals surface area contributed by atoms with Crippen LogP contribution < -0.4 is 5.32 Å². The molecule has 98 valence electrons. The second-order valence-electron chi connectivity index (χ2n) is 4.24. The van der Waals surface area contributed by atoms with Crippen molar-refractivity contribution in [3.8, 4) is 0 Å². The number of hydrogen-bond acceptors (Lipinski definition) is 4. The first-order chi connectivity index (χ1) is 8.76. The van der Waals surface area contributed by atoms with Crippen molar-refractivity contribution < 1.29 is 0 Å². The van der Waals surface area contributed by atoms with Crippen molar-refractivity contribution in [1.82, 2.24) is 19.9 Å². The topological polar surface area (TPSA) is 42.7 Å². The third-order valence-corrected chi connectivity index (χ3v) is 3.85. The summed E-state index contributed by atoms with van der Waals surface area (Å²) in [6.07, 6.45) is 6.97. The number of nitrogens with one attached hydrogen (secondary N) is 1.